The van der Waals surface area contributed by atoms with Crippen LogP contribution in [0.2, 0.25) is 11.6 Å². The second kappa shape index (κ2) is 10.1. The van der Waals surface area contributed by atoms with Gasteiger partial charge in [0.1, 0.15) is 0 Å². The molecule has 0 aliphatic heterocycles. The minimum absolute atomic E-state index is 0.0949. The van der Waals surface area contributed by atoms with E-state index in [2.05, 4.69) is 53.6 Å². The van der Waals surface area contributed by atoms with E-state index in [1.54, 1.807) is 0 Å². The van der Waals surface area contributed by atoms with Crippen molar-refractivity contribution in [2.75, 3.05) is 6.61 Å². The molecule has 0 spiro atoms. The number of esters is 1. The van der Waals surface area contributed by atoms with E-state index in [1.165, 1.54) is 0 Å². The van der Waals surface area contributed by atoms with Gasteiger partial charge in [-0.25, -0.2) is 0 Å². The largest absolute Gasteiger partial charge is 0.466 e. The fourth-order valence-electron chi connectivity index (χ4n) is 2.41. The molecule has 0 rings (SSSR count). The molecule has 116 valence electrons. The van der Waals surface area contributed by atoms with Crippen molar-refractivity contribution in [2.24, 2.45) is 11.8 Å². The molecule has 3 heteroatoms. The van der Waals surface area contributed by atoms with E-state index in [-0.39, 0.29) is 5.97 Å². The number of carbonyl (C=O) groups is 1. The van der Waals surface area contributed by atoms with E-state index in [4.69, 9.17) is 4.74 Å². The minimum atomic E-state index is -0.0949. The van der Waals surface area contributed by atoms with Crippen molar-refractivity contribution in [3.8, 4) is 0 Å². The van der Waals surface area contributed by atoms with Crippen molar-refractivity contribution in [1.29, 1.82) is 0 Å². The molecular formula is C17H33BO2. The third kappa shape index (κ3) is 7.16. The van der Waals surface area contributed by atoms with Crippen molar-refractivity contribution in [3.05, 3.63) is 12.1 Å². The number of allylic oxidation sites excluding steroid dienone is 1. The molecule has 0 N–H and O–H groups in total. The topological polar surface area (TPSA) is 26.3 Å². The Morgan fingerprint density at radius 2 is 1.55 bits per heavy atom. The van der Waals surface area contributed by atoms with Gasteiger partial charge in [0.2, 0.25) is 0 Å². The Morgan fingerprint density at radius 3 is 1.95 bits per heavy atom. The lowest BCUT2D eigenvalue weighted by molar-refractivity contribution is -0.142. The molecule has 20 heavy (non-hydrogen) atoms. The SMILES string of the molecule is CCOC(=O)CC/C=C/B(C(C)C(C)C)C(C)C(C)C. The van der Waals surface area contributed by atoms with Gasteiger partial charge in [0, 0.05) is 6.42 Å². The van der Waals surface area contributed by atoms with Crippen LogP contribution >= 0.6 is 0 Å². The van der Waals surface area contributed by atoms with Gasteiger partial charge < -0.3 is 4.74 Å². The summed E-state index contributed by atoms with van der Waals surface area (Å²) in [7, 11) is 0. The quantitative estimate of drug-likeness (QED) is 0.438. The highest BCUT2D eigenvalue weighted by Crippen LogP contribution is 2.33. The molecule has 2 atom stereocenters. The zero-order chi connectivity index (χ0) is 15.7. The minimum Gasteiger partial charge on any atom is -0.466 e. The maximum absolute atomic E-state index is 11.3. The normalized spacial score (nSPS) is 14.8. The number of carbonyl (C=O) groups excluding carboxylic acids is 1. The predicted octanol–water partition coefficient (Wildman–Crippen LogP) is 5.01. The van der Waals surface area contributed by atoms with Crippen LogP contribution in [0.15, 0.2) is 12.1 Å². The van der Waals surface area contributed by atoms with Crippen LogP contribution < -0.4 is 0 Å². The van der Waals surface area contributed by atoms with Gasteiger partial charge in [0.05, 0.1) is 6.61 Å². The Balaban J connectivity index is 4.53. The van der Waals surface area contributed by atoms with Crippen LogP contribution in [-0.2, 0) is 9.53 Å². The first-order valence-corrected chi connectivity index (χ1v) is 8.13. The van der Waals surface area contributed by atoms with Gasteiger partial charge in [-0.05, 0) is 13.3 Å². The number of rotatable bonds is 9. The summed E-state index contributed by atoms with van der Waals surface area (Å²) in [6, 6.07) is 0. The molecule has 0 aliphatic rings. The van der Waals surface area contributed by atoms with Gasteiger partial charge in [-0.2, -0.15) is 0 Å². The fourth-order valence-corrected chi connectivity index (χ4v) is 2.41. The number of hydrogen-bond acceptors (Lipinski definition) is 2. The van der Waals surface area contributed by atoms with E-state index < -0.39 is 0 Å². The van der Waals surface area contributed by atoms with E-state index in [1.807, 2.05) is 6.92 Å². The smallest absolute Gasteiger partial charge is 0.306 e. The lowest BCUT2D eigenvalue weighted by Gasteiger charge is -2.29. The molecule has 0 radical (unpaired) electrons. The third-order valence-electron chi connectivity index (χ3n) is 4.50. The molecule has 0 aromatic rings. The standard InChI is InChI=1S/C17H33BO2/c1-8-20-17(19)11-9-10-12-18(15(6)13(2)3)16(7)14(4)5/h10,12-16H,8-9,11H2,1-7H3/b12-10+. The molecule has 0 aliphatic carbocycles. The molecule has 0 saturated carbocycles. The highest BCUT2D eigenvalue weighted by molar-refractivity contribution is 6.67. The van der Waals surface area contributed by atoms with Crippen LogP contribution in [0.5, 0.6) is 0 Å². The molecule has 0 aromatic carbocycles. The average Bonchev–Trinajstić information content (AvgIpc) is 2.37. The first kappa shape index (κ1) is 19.3. The molecule has 0 saturated heterocycles. The molecule has 2 unspecified atom stereocenters. The van der Waals surface area contributed by atoms with E-state index in [0.29, 0.717) is 43.2 Å². The third-order valence-corrected chi connectivity index (χ3v) is 4.50. The summed E-state index contributed by atoms with van der Waals surface area (Å²) in [6.07, 6.45) is 3.44. The maximum atomic E-state index is 11.3. The molecule has 2 nitrogen and oxygen atoms in total. The molecule has 0 heterocycles. The fraction of sp³-hybridized carbons (Fsp3) is 0.824. The Hall–Kier alpha value is -0.725. The molecule has 0 amide bonds. The Morgan fingerprint density at radius 1 is 1.05 bits per heavy atom. The van der Waals surface area contributed by atoms with Gasteiger partial charge in [-0.3, -0.25) is 4.79 Å². The van der Waals surface area contributed by atoms with Gasteiger partial charge in [0.15, 0.2) is 6.71 Å². The molecule has 0 bridgehead atoms. The second-order valence-electron chi connectivity index (χ2n) is 6.56. The highest BCUT2D eigenvalue weighted by atomic mass is 16.5. The molecule has 0 fully saturated rings. The summed E-state index contributed by atoms with van der Waals surface area (Å²) in [6.45, 7) is 16.7. The predicted molar refractivity (Wildman–Crippen MR) is 89.3 cm³/mol. The number of ether oxygens (including phenoxy) is 1. The van der Waals surface area contributed by atoms with Crippen LogP contribution in [0.1, 0.15) is 61.3 Å². The molecular weight excluding hydrogens is 247 g/mol. The van der Waals surface area contributed by atoms with Gasteiger partial charge in [0.25, 0.3) is 0 Å². The second-order valence-corrected chi connectivity index (χ2v) is 6.56. The zero-order valence-electron chi connectivity index (χ0n) is 14.5. The summed E-state index contributed by atoms with van der Waals surface area (Å²) in [5.41, 5.74) is 0. The monoisotopic (exact) mass is 280 g/mol. The van der Waals surface area contributed by atoms with Crippen molar-refractivity contribution < 1.29 is 9.53 Å². The van der Waals surface area contributed by atoms with Gasteiger partial charge >= 0.3 is 5.97 Å². The van der Waals surface area contributed by atoms with Crippen molar-refractivity contribution in [3.63, 3.8) is 0 Å². The van der Waals surface area contributed by atoms with Crippen LogP contribution in [0, 0.1) is 11.8 Å². The zero-order valence-corrected chi connectivity index (χ0v) is 14.5. The van der Waals surface area contributed by atoms with E-state index in [9.17, 15) is 4.79 Å². The summed E-state index contributed by atoms with van der Waals surface area (Å²) in [5.74, 6) is 4.90. The summed E-state index contributed by atoms with van der Waals surface area (Å²) >= 11 is 0. The van der Waals surface area contributed by atoms with Crippen LogP contribution in [0.25, 0.3) is 0 Å². The Bertz CT molecular complexity index is 283. The van der Waals surface area contributed by atoms with Gasteiger partial charge in [-0.15, -0.1) is 5.98 Å². The first-order chi connectivity index (χ1) is 9.31. The van der Waals surface area contributed by atoms with Gasteiger partial charge in [-0.1, -0.05) is 71.1 Å². The van der Waals surface area contributed by atoms with E-state index >= 15 is 0 Å². The summed E-state index contributed by atoms with van der Waals surface area (Å²) in [4.78, 5) is 11.3. The van der Waals surface area contributed by atoms with Crippen molar-refractivity contribution in [2.45, 2.75) is 72.9 Å². The Kier molecular flexibility index (Phi) is 9.70. The Labute approximate surface area is 126 Å². The van der Waals surface area contributed by atoms with Crippen LogP contribution in [-0.4, -0.2) is 19.3 Å². The average molecular weight is 280 g/mol. The van der Waals surface area contributed by atoms with Crippen molar-refractivity contribution >= 4 is 12.7 Å². The lowest BCUT2D eigenvalue weighted by atomic mass is 9.31. The highest BCUT2D eigenvalue weighted by Gasteiger charge is 2.28. The van der Waals surface area contributed by atoms with Crippen LogP contribution in [0.4, 0.5) is 0 Å². The maximum Gasteiger partial charge on any atom is 0.306 e. The lowest BCUT2D eigenvalue weighted by Crippen LogP contribution is -2.28. The van der Waals surface area contributed by atoms with Crippen molar-refractivity contribution in [1.82, 2.24) is 0 Å². The number of hydrogen-bond donors (Lipinski definition) is 0. The van der Waals surface area contributed by atoms with E-state index in [0.717, 1.165) is 6.42 Å². The van der Waals surface area contributed by atoms with Crippen LogP contribution in [0.3, 0.4) is 0 Å². The summed E-state index contributed by atoms with van der Waals surface area (Å²) in [5, 5.41) is 0. The first-order valence-electron chi connectivity index (χ1n) is 8.13. The summed E-state index contributed by atoms with van der Waals surface area (Å²) < 4.78 is 4.95. The molecule has 0 aromatic heterocycles.